The van der Waals surface area contributed by atoms with Gasteiger partial charge in [-0.05, 0) is 13.0 Å². The molecule has 0 aliphatic heterocycles. The van der Waals surface area contributed by atoms with Gasteiger partial charge in [-0.2, -0.15) is 5.10 Å². The van der Waals surface area contributed by atoms with E-state index in [0.29, 0.717) is 5.69 Å². The largest absolute Gasteiger partial charge is 0.480 e. The zero-order chi connectivity index (χ0) is 13.7. The van der Waals surface area contributed by atoms with Gasteiger partial charge >= 0.3 is 11.9 Å². The lowest BCUT2D eigenvalue weighted by atomic mass is 10.2. The number of nitrogens with one attached hydrogen (secondary N) is 2. The molecule has 8 nitrogen and oxygen atoms in total. The average molecular weight is 255 g/mol. The lowest BCUT2D eigenvalue weighted by Gasteiger charge is -2.11. The second kappa shape index (κ2) is 5.80. The molecule has 0 spiro atoms. The summed E-state index contributed by atoms with van der Waals surface area (Å²) in [6.07, 6.45) is -0.443. The van der Waals surface area contributed by atoms with Crippen LogP contribution < -0.4 is 5.32 Å². The van der Waals surface area contributed by atoms with Crippen molar-refractivity contribution in [2.75, 3.05) is 7.11 Å². The van der Waals surface area contributed by atoms with Gasteiger partial charge in [0.25, 0.3) is 5.91 Å². The molecule has 0 aliphatic carbocycles. The Kier molecular flexibility index (Phi) is 4.41. The summed E-state index contributed by atoms with van der Waals surface area (Å²) in [5.41, 5.74) is 0.726. The van der Waals surface area contributed by atoms with E-state index < -0.39 is 30.3 Å². The Labute approximate surface area is 102 Å². The van der Waals surface area contributed by atoms with Crippen LogP contribution in [0.5, 0.6) is 0 Å². The summed E-state index contributed by atoms with van der Waals surface area (Å²) in [5, 5.41) is 17.3. The third kappa shape index (κ3) is 3.58. The Morgan fingerprint density at radius 2 is 2.22 bits per heavy atom. The van der Waals surface area contributed by atoms with E-state index in [1.807, 2.05) is 0 Å². The van der Waals surface area contributed by atoms with E-state index in [4.69, 9.17) is 5.11 Å². The van der Waals surface area contributed by atoms with Gasteiger partial charge in [0, 0.05) is 5.69 Å². The summed E-state index contributed by atoms with van der Waals surface area (Å²) in [5.74, 6) is -2.71. The molecule has 0 bridgehead atoms. The number of rotatable bonds is 5. The van der Waals surface area contributed by atoms with Crippen molar-refractivity contribution in [3.63, 3.8) is 0 Å². The molecular weight excluding hydrogens is 242 g/mol. The van der Waals surface area contributed by atoms with Crippen molar-refractivity contribution in [3.05, 3.63) is 17.5 Å². The zero-order valence-corrected chi connectivity index (χ0v) is 9.89. The number of aliphatic carboxylic acids is 1. The fourth-order valence-electron chi connectivity index (χ4n) is 1.22. The van der Waals surface area contributed by atoms with Crippen molar-refractivity contribution in [2.45, 2.75) is 19.4 Å². The maximum absolute atomic E-state index is 11.6. The van der Waals surface area contributed by atoms with Crippen molar-refractivity contribution in [1.29, 1.82) is 0 Å². The standard InChI is InChI=1S/C10H13N3O5/c1-5-3-6(13-12-5)9(15)11-7(10(16)17)4-8(14)18-2/h3,7H,4H2,1-2H3,(H,11,15)(H,12,13)(H,16,17)/t7-/m0/s1. The number of hydrogen-bond acceptors (Lipinski definition) is 5. The summed E-state index contributed by atoms with van der Waals surface area (Å²) in [7, 11) is 1.14. The number of nitrogens with zero attached hydrogens (tertiary/aromatic N) is 1. The van der Waals surface area contributed by atoms with Crippen LogP contribution in [0.25, 0.3) is 0 Å². The van der Waals surface area contributed by atoms with Crippen LogP contribution in [0.15, 0.2) is 6.07 Å². The molecule has 0 fully saturated rings. The Morgan fingerprint density at radius 1 is 1.56 bits per heavy atom. The van der Waals surface area contributed by atoms with E-state index in [1.165, 1.54) is 6.07 Å². The molecule has 98 valence electrons. The fourth-order valence-corrected chi connectivity index (χ4v) is 1.22. The molecule has 1 rings (SSSR count). The van der Waals surface area contributed by atoms with Crippen LogP contribution in [-0.4, -0.2) is 46.3 Å². The Balaban J connectivity index is 2.69. The van der Waals surface area contributed by atoms with Crippen LogP contribution in [0, 0.1) is 6.92 Å². The minimum absolute atomic E-state index is 0.0589. The molecule has 18 heavy (non-hydrogen) atoms. The Morgan fingerprint density at radius 3 is 2.67 bits per heavy atom. The number of amides is 1. The fraction of sp³-hybridized carbons (Fsp3) is 0.400. The first-order chi connectivity index (χ1) is 8.43. The van der Waals surface area contributed by atoms with Crippen molar-refractivity contribution in [1.82, 2.24) is 15.5 Å². The molecule has 8 heteroatoms. The summed E-state index contributed by atoms with van der Waals surface area (Å²) in [6.45, 7) is 1.70. The Hall–Kier alpha value is -2.38. The highest BCUT2D eigenvalue weighted by Crippen LogP contribution is 2.01. The van der Waals surface area contributed by atoms with Gasteiger partial charge in [0.2, 0.25) is 0 Å². The van der Waals surface area contributed by atoms with Crippen molar-refractivity contribution >= 4 is 17.8 Å². The molecule has 0 radical (unpaired) electrons. The average Bonchev–Trinajstić information content (AvgIpc) is 2.74. The van der Waals surface area contributed by atoms with Crippen LogP contribution in [0.3, 0.4) is 0 Å². The number of carbonyl (C=O) groups is 3. The van der Waals surface area contributed by atoms with E-state index in [0.717, 1.165) is 7.11 Å². The molecule has 3 N–H and O–H groups in total. The smallest absolute Gasteiger partial charge is 0.326 e. The number of methoxy groups -OCH3 is 1. The van der Waals surface area contributed by atoms with Crippen LogP contribution in [0.2, 0.25) is 0 Å². The maximum atomic E-state index is 11.6. The first-order valence-corrected chi connectivity index (χ1v) is 5.06. The third-order valence-electron chi connectivity index (χ3n) is 2.14. The summed E-state index contributed by atoms with van der Waals surface area (Å²) < 4.78 is 4.35. The van der Waals surface area contributed by atoms with Crippen molar-refractivity contribution < 1.29 is 24.2 Å². The minimum Gasteiger partial charge on any atom is -0.480 e. The van der Waals surface area contributed by atoms with Gasteiger partial charge in [-0.3, -0.25) is 14.7 Å². The SMILES string of the molecule is COC(=O)C[C@H](NC(=O)c1cc(C)[nH]n1)C(=O)O. The number of H-pyrrole nitrogens is 1. The highest BCUT2D eigenvalue weighted by Gasteiger charge is 2.25. The second-order valence-electron chi connectivity index (χ2n) is 3.58. The first kappa shape index (κ1) is 13.7. The van der Waals surface area contributed by atoms with Gasteiger partial charge in [0.1, 0.15) is 11.7 Å². The van der Waals surface area contributed by atoms with E-state index in [-0.39, 0.29) is 5.69 Å². The monoisotopic (exact) mass is 255 g/mol. The van der Waals surface area contributed by atoms with Gasteiger partial charge < -0.3 is 15.2 Å². The number of carbonyl (C=O) groups excluding carboxylic acids is 2. The number of ether oxygens (including phenoxy) is 1. The van der Waals surface area contributed by atoms with Crippen molar-refractivity contribution in [3.8, 4) is 0 Å². The molecule has 1 aromatic rings. The Bertz CT molecular complexity index is 468. The molecule has 0 saturated carbocycles. The quantitative estimate of drug-likeness (QED) is 0.608. The van der Waals surface area contributed by atoms with Crippen LogP contribution >= 0.6 is 0 Å². The zero-order valence-electron chi connectivity index (χ0n) is 9.89. The summed E-state index contributed by atoms with van der Waals surface area (Å²) >= 11 is 0. The third-order valence-corrected chi connectivity index (χ3v) is 2.14. The molecule has 1 heterocycles. The topological polar surface area (TPSA) is 121 Å². The van der Waals surface area contributed by atoms with Gasteiger partial charge in [-0.25, -0.2) is 4.79 Å². The van der Waals surface area contributed by atoms with Crippen LogP contribution in [0.4, 0.5) is 0 Å². The van der Waals surface area contributed by atoms with Gasteiger partial charge in [-0.1, -0.05) is 0 Å². The number of aromatic nitrogens is 2. The molecule has 0 aromatic carbocycles. The number of carboxylic acids is 1. The van der Waals surface area contributed by atoms with E-state index in [1.54, 1.807) is 6.92 Å². The maximum Gasteiger partial charge on any atom is 0.326 e. The molecular formula is C10H13N3O5. The lowest BCUT2D eigenvalue weighted by Crippen LogP contribution is -2.42. The van der Waals surface area contributed by atoms with Crippen LogP contribution in [0.1, 0.15) is 22.6 Å². The molecule has 1 aromatic heterocycles. The van der Waals surface area contributed by atoms with E-state index in [9.17, 15) is 14.4 Å². The van der Waals surface area contributed by atoms with Gasteiger partial charge in [-0.15, -0.1) is 0 Å². The predicted molar refractivity (Wildman–Crippen MR) is 58.8 cm³/mol. The predicted octanol–water partition coefficient (Wildman–Crippen LogP) is -0.536. The highest BCUT2D eigenvalue weighted by atomic mass is 16.5. The number of esters is 1. The van der Waals surface area contributed by atoms with Gasteiger partial charge in [0.15, 0.2) is 0 Å². The lowest BCUT2D eigenvalue weighted by molar-refractivity contribution is -0.147. The normalized spacial score (nSPS) is 11.7. The van der Waals surface area contributed by atoms with E-state index >= 15 is 0 Å². The molecule has 0 unspecified atom stereocenters. The minimum atomic E-state index is -1.35. The highest BCUT2D eigenvalue weighted by molar-refractivity contribution is 5.95. The second-order valence-corrected chi connectivity index (χ2v) is 3.58. The number of hydrogen-bond donors (Lipinski definition) is 3. The first-order valence-electron chi connectivity index (χ1n) is 5.06. The molecule has 0 saturated heterocycles. The number of aryl methyl sites for hydroxylation is 1. The van der Waals surface area contributed by atoms with Crippen molar-refractivity contribution in [2.24, 2.45) is 0 Å². The molecule has 0 aliphatic rings. The van der Waals surface area contributed by atoms with Gasteiger partial charge in [0.05, 0.1) is 13.5 Å². The summed E-state index contributed by atoms with van der Waals surface area (Å²) in [4.78, 5) is 33.5. The van der Waals surface area contributed by atoms with Crippen LogP contribution in [-0.2, 0) is 14.3 Å². The number of carboxylic acid groups (broad SMARTS) is 1. The van der Waals surface area contributed by atoms with E-state index in [2.05, 4.69) is 20.3 Å². The number of aromatic amines is 1. The summed E-state index contributed by atoms with van der Waals surface area (Å²) in [6, 6.07) is 0.119. The molecule has 1 amide bonds. The molecule has 1 atom stereocenters.